The van der Waals surface area contributed by atoms with Gasteiger partial charge in [0, 0.05) is 5.41 Å². The molecule has 32 heavy (non-hydrogen) atoms. The first-order valence-corrected chi connectivity index (χ1v) is 12.6. The summed E-state index contributed by atoms with van der Waals surface area (Å²) in [5, 5.41) is 5.99. The minimum atomic E-state index is -4.04. The molecule has 0 saturated heterocycles. The van der Waals surface area contributed by atoms with Crippen molar-refractivity contribution in [3.8, 4) is 0 Å². The largest absolute Gasteiger partial charge is 0.710 e. The number of hydrogen-bond donors (Lipinski definition) is 0. The van der Waals surface area contributed by atoms with E-state index in [1.807, 2.05) is 0 Å². The maximum absolute atomic E-state index is 13.6. The molecule has 182 valence electrons. The van der Waals surface area contributed by atoms with Crippen LogP contribution < -0.4 is 5.26 Å². The third-order valence-corrected chi connectivity index (χ3v) is 8.82. The molecule has 0 heterocycles. The Labute approximate surface area is 192 Å². The summed E-state index contributed by atoms with van der Waals surface area (Å²) in [4.78, 5) is 24.9. The number of carbonyl (C=O) groups excluding carboxylic acids is 2. The number of hydrogen-bond acceptors (Lipinski definition) is 7. The van der Waals surface area contributed by atoms with Gasteiger partial charge >= 0.3 is 17.2 Å². The monoisotopic (exact) mass is 475 g/mol. The number of esters is 2. The fraction of sp³-hybridized carbons (Fsp3) is 0.913. The van der Waals surface area contributed by atoms with Crippen molar-refractivity contribution in [1.82, 2.24) is 0 Å². The molecule has 0 N–H and O–H groups in total. The Morgan fingerprint density at radius 2 is 1.72 bits per heavy atom. The molecule has 0 aromatic rings. The van der Waals surface area contributed by atoms with Crippen LogP contribution in [0.25, 0.3) is 0 Å². The second-order valence-electron chi connectivity index (χ2n) is 11.2. The highest BCUT2D eigenvalue weighted by Gasteiger charge is 2.60. The summed E-state index contributed by atoms with van der Waals surface area (Å²) in [5.41, 5.74) is -1.02. The van der Waals surface area contributed by atoms with Crippen LogP contribution >= 0.6 is 12.0 Å². The van der Waals surface area contributed by atoms with Gasteiger partial charge in [0.05, 0.1) is 24.6 Å². The zero-order chi connectivity index (χ0) is 23.1. The molecule has 9 heteroatoms. The van der Waals surface area contributed by atoms with Crippen molar-refractivity contribution >= 4 is 24.0 Å². The van der Waals surface area contributed by atoms with E-state index < -0.39 is 34.3 Å². The van der Waals surface area contributed by atoms with Gasteiger partial charge in [0.15, 0.2) is 0 Å². The predicted octanol–water partition coefficient (Wildman–Crippen LogP) is 4.41. The molecule has 0 aromatic carbocycles. The topological polar surface area (TPSA) is 84.9 Å². The van der Waals surface area contributed by atoms with E-state index in [-0.39, 0.29) is 18.5 Å². The summed E-state index contributed by atoms with van der Waals surface area (Å²) in [6, 6.07) is 0. The Bertz CT molecular complexity index is 707. The number of alkyl halides is 2. The zero-order valence-corrected chi connectivity index (χ0v) is 19.6. The van der Waals surface area contributed by atoms with Crippen LogP contribution in [0.5, 0.6) is 0 Å². The first-order chi connectivity index (χ1) is 15.1. The van der Waals surface area contributed by atoms with E-state index in [1.54, 1.807) is 0 Å². The van der Waals surface area contributed by atoms with E-state index in [0.717, 1.165) is 57.8 Å². The van der Waals surface area contributed by atoms with Gasteiger partial charge in [-0.1, -0.05) is 13.8 Å². The van der Waals surface area contributed by atoms with Crippen molar-refractivity contribution in [2.24, 2.45) is 35.0 Å². The maximum atomic E-state index is 13.6. The SMILES string of the molecule is CC(C)C1CCC(C(=O)OC23CC4CC(CC(COC(=O)C(F)(F)SO[O-])(C4)C2)C3)CC1. The Morgan fingerprint density at radius 1 is 1.09 bits per heavy atom. The molecule has 4 bridgehead atoms. The molecule has 6 nitrogen and oxygen atoms in total. The fourth-order valence-electron chi connectivity index (χ4n) is 7.35. The molecule has 0 aromatic heterocycles. The Kier molecular flexibility index (Phi) is 6.82. The first-order valence-electron chi connectivity index (χ1n) is 11.8. The van der Waals surface area contributed by atoms with Crippen molar-refractivity contribution in [1.29, 1.82) is 0 Å². The van der Waals surface area contributed by atoms with Crippen LogP contribution in [0.2, 0.25) is 0 Å². The molecular weight excluding hydrogens is 442 g/mol. The lowest BCUT2D eigenvalue weighted by Gasteiger charge is -2.61. The summed E-state index contributed by atoms with van der Waals surface area (Å²) in [6.45, 7) is 4.31. The number of halogens is 2. The Hall–Kier alpha value is -0.930. The van der Waals surface area contributed by atoms with E-state index in [2.05, 4.69) is 18.2 Å². The molecule has 2 unspecified atom stereocenters. The number of ether oxygens (including phenoxy) is 2. The van der Waals surface area contributed by atoms with Crippen molar-refractivity contribution in [2.45, 2.75) is 88.9 Å². The van der Waals surface area contributed by atoms with Gasteiger partial charge in [0.2, 0.25) is 0 Å². The lowest BCUT2D eigenvalue weighted by atomic mass is 9.48. The molecule has 0 amide bonds. The van der Waals surface area contributed by atoms with E-state index in [1.165, 1.54) is 0 Å². The zero-order valence-electron chi connectivity index (χ0n) is 18.8. The van der Waals surface area contributed by atoms with E-state index >= 15 is 0 Å². The van der Waals surface area contributed by atoms with Crippen LogP contribution in [0.15, 0.2) is 0 Å². The second-order valence-corrected chi connectivity index (χ2v) is 12.0. The lowest BCUT2D eigenvalue weighted by molar-refractivity contribution is -0.630. The molecule has 0 radical (unpaired) electrons. The third kappa shape index (κ3) is 4.94. The lowest BCUT2D eigenvalue weighted by Crippen LogP contribution is -2.59. The van der Waals surface area contributed by atoms with Crippen LogP contribution in [-0.2, 0) is 23.4 Å². The molecule has 2 atom stereocenters. The van der Waals surface area contributed by atoms with Gasteiger partial charge in [0.25, 0.3) is 0 Å². The highest BCUT2D eigenvalue weighted by Crippen LogP contribution is 2.63. The van der Waals surface area contributed by atoms with Crippen molar-refractivity contribution in [2.75, 3.05) is 6.61 Å². The fourth-order valence-corrected chi connectivity index (χ4v) is 7.56. The van der Waals surface area contributed by atoms with Gasteiger partial charge in [0.1, 0.15) is 5.60 Å². The van der Waals surface area contributed by atoms with Gasteiger partial charge in [-0.2, -0.15) is 8.78 Å². The molecule has 5 aliphatic rings. The number of carbonyl (C=O) groups is 2. The highest BCUT2D eigenvalue weighted by atomic mass is 32.2. The van der Waals surface area contributed by atoms with Gasteiger partial charge in [-0.25, -0.2) is 4.79 Å². The van der Waals surface area contributed by atoms with Crippen LogP contribution in [0.4, 0.5) is 8.78 Å². The molecule has 0 aliphatic heterocycles. The summed E-state index contributed by atoms with van der Waals surface area (Å²) in [5.74, 6) is 0.0515. The molecule has 0 spiro atoms. The highest BCUT2D eigenvalue weighted by molar-refractivity contribution is 7.96. The minimum absolute atomic E-state index is 0.0606. The van der Waals surface area contributed by atoms with Crippen molar-refractivity contribution in [3.05, 3.63) is 0 Å². The quantitative estimate of drug-likeness (QED) is 0.223. The average Bonchev–Trinajstić information content (AvgIpc) is 2.70. The predicted molar refractivity (Wildman–Crippen MR) is 111 cm³/mol. The third-order valence-electron chi connectivity index (χ3n) is 8.38. The Balaban J connectivity index is 1.39. The molecule has 5 fully saturated rings. The normalized spacial score (nSPS) is 38.7. The second kappa shape index (κ2) is 9.02. The van der Waals surface area contributed by atoms with Gasteiger partial charge in [-0.3, -0.25) is 4.79 Å². The van der Waals surface area contributed by atoms with Crippen LogP contribution in [-0.4, -0.2) is 29.4 Å². The minimum Gasteiger partial charge on any atom is -0.710 e. The van der Waals surface area contributed by atoms with Crippen molar-refractivity contribution < 1.29 is 37.4 Å². The summed E-state index contributed by atoms with van der Waals surface area (Å²) >= 11 is -0.749. The van der Waals surface area contributed by atoms with Crippen LogP contribution in [0.1, 0.15) is 78.1 Å². The first kappa shape index (κ1) is 24.2. The van der Waals surface area contributed by atoms with Crippen molar-refractivity contribution in [3.63, 3.8) is 0 Å². The van der Waals surface area contributed by atoms with E-state index in [4.69, 9.17) is 9.47 Å². The van der Waals surface area contributed by atoms with Gasteiger partial charge in [-0.15, -0.1) is 0 Å². The summed E-state index contributed by atoms with van der Waals surface area (Å²) in [6.07, 6.45) is 8.60. The van der Waals surface area contributed by atoms with E-state index in [9.17, 15) is 23.6 Å². The van der Waals surface area contributed by atoms with Crippen LogP contribution in [0, 0.1) is 35.0 Å². The van der Waals surface area contributed by atoms with Gasteiger partial charge < -0.3 is 19.1 Å². The van der Waals surface area contributed by atoms with Gasteiger partial charge in [-0.05, 0) is 87.9 Å². The average molecular weight is 476 g/mol. The molecule has 5 rings (SSSR count). The standard InChI is InChI=1S/C23H34F2O6S/c1-14(2)17-3-5-18(6-4-17)19(26)30-22-10-15-7-16(11-22)9-21(8-15,12-22)13-29-20(27)23(24,25)32-31-28/h14-18,28H,3-13H2,1-2H3/p-1. The maximum Gasteiger partial charge on any atom is 0.412 e. The molecule has 5 saturated carbocycles. The summed E-state index contributed by atoms with van der Waals surface area (Å²) in [7, 11) is 0. The van der Waals surface area contributed by atoms with E-state index in [0.29, 0.717) is 30.1 Å². The van der Waals surface area contributed by atoms with Crippen LogP contribution in [0.3, 0.4) is 0 Å². The summed E-state index contributed by atoms with van der Waals surface area (Å²) < 4.78 is 41.5. The molecule has 5 aliphatic carbocycles. The number of rotatable bonds is 8. The molecular formula is C23H33F2O6S-. The Morgan fingerprint density at radius 3 is 2.28 bits per heavy atom. The smallest absolute Gasteiger partial charge is 0.412 e.